The summed E-state index contributed by atoms with van der Waals surface area (Å²) in [5, 5.41) is 16.8. The second kappa shape index (κ2) is 5.78. The minimum absolute atomic E-state index is 0.171. The zero-order chi connectivity index (χ0) is 15.8. The molecule has 4 heteroatoms. The summed E-state index contributed by atoms with van der Waals surface area (Å²) in [5.74, 6) is 1.28. The summed E-state index contributed by atoms with van der Waals surface area (Å²) in [4.78, 5) is 4.60. The first-order valence-corrected chi connectivity index (χ1v) is 8.30. The summed E-state index contributed by atoms with van der Waals surface area (Å²) >= 11 is 0. The lowest BCUT2D eigenvalue weighted by Crippen LogP contribution is -2.17. The number of aromatic nitrogens is 3. The molecule has 1 aliphatic rings. The van der Waals surface area contributed by atoms with E-state index >= 15 is 0 Å². The van der Waals surface area contributed by atoms with Gasteiger partial charge in [0.25, 0.3) is 0 Å². The third kappa shape index (κ3) is 2.63. The van der Waals surface area contributed by atoms with Crippen LogP contribution in [0.3, 0.4) is 0 Å². The van der Waals surface area contributed by atoms with Crippen LogP contribution in [0.25, 0.3) is 16.6 Å². The lowest BCUT2D eigenvalue weighted by atomic mass is 9.84. The molecule has 2 atom stereocenters. The van der Waals surface area contributed by atoms with Crippen molar-refractivity contribution in [2.45, 2.75) is 44.6 Å². The third-order valence-corrected chi connectivity index (χ3v) is 4.91. The minimum Gasteiger partial charge on any atom is -0.393 e. The number of hydrogen-bond donors (Lipinski definition) is 1. The Bertz CT molecular complexity index is 840. The predicted molar refractivity (Wildman–Crippen MR) is 90.8 cm³/mol. The summed E-state index contributed by atoms with van der Waals surface area (Å²) in [7, 11) is 0. The Morgan fingerprint density at radius 2 is 1.96 bits per heavy atom. The fourth-order valence-corrected chi connectivity index (χ4v) is 3.63. The molecule has 0 amide bonds. The molecular weight excluding hydrogens is 286 g/mol. The van der Waals surface area contributed by atoms with E-state index in [2.05, 4.69) is 41.4 Å². The zero-order valence-corrected chi connectivity index (χ0v) is 13.3. The Balaban J connectivity index is 1.73. The maximum atomic E-state index is 9.90. The Labute approximate surface area is 135 Å². The molecule has 2 unspecified atom stereocenters. The van der Waals surface area contributed by atoms with Crippen LogP contribution in [0.15, 0.2) is 42.9 Å². The van der Waals surface area contributed by atoms with Gasteiger partial charge in [0.05, 0.1) is 12.3 Å². The molecule has 118 valence electrons. The number of fused-ring (bicyclic) bond motifs is 1. The predicted octanol–water partition coefficient (Wildman–Crippen LogP) is 3.75. The monoisotopic (exact) mass is 307 g/mol. The van der Waals surface area contributed by atoms with Crippen molar-refractivity contribution in [3.8, 4) is 5.82 Å². The normalized spacial score (nSPS) is 21.7. The molecular formula is C19H21N3O. The van der Waals surface area contributed by atoms with E-state index in [1.165, 1.54) is 16.5 Å². The number of pyridine rings is 1. The molecule has 1 saturated carbocycles. The molecule has 0 radical (unpaired) electrons. The van der Waals surface area contributed by atoms with E-state index in [9.17, 15) is 5.11 Å². The van der Waals surface area contributed by atoms with Crippen LogP contribution < -0.4 is 0 Å². The van der Waals surface area contributed by atoms with Gasteiger partial charge in [-0.15, -0.1) is 0 Å². The van der Waals surface area contributed by atoms with Crippen LogP contribution in [0, 0.1) is 6.92 Å². The summed E-state index contributed by atoms with van der Waals surface area (Å²) < 4.78 is 1.87. The molecule has 0 bridgehead atoms. The van der Waals surface area contributed by atoms with Crippen molar-refractivity contribution >= 4 is 10.8 Å². The zero-order valence-electron chi connectivity index (χ0n) is 13.3. The van der Waals surface area contributed by atoms with Gasteiger partial charge >= 0.3 is 0 Å². The van der Waals surface area contributed by atoms with E-state index < -0.39 is 0 Å². The van der Waals surface area contributed by atoms with Gasteiger partial charge in [-0.25, -0.2) is 9.67 Å². The minimum atomic E-state index is -0.171. The van der Waals surface area contributed by atoms with E-state index in [1.807, 2.05) is 23.1 Å². The second-order valence-electron chi connectivity index (χ2n) is 6.55. The highest BCUT2D eigenvalue weighted by molar-refractivity contribution is 5.90. The number of aliphatic hydroxyl groups is 1. The van der Waals surface area contributed by atoms with Gasteiger partial charge < -0.3 is 5.11 Å². The SMILES string of the molecule is Cc1cnc(-n2cc(C3CCCC(O)C3)cn2)c2ccccc12. The molecule has 0 spiro atoms. The molecule has 0 aliphatic heterocycles. The lowest BCUT2D eigenvalue weighted by Gasteiger charge is -2.24. The van der Waals surface area contributed by atoms with E-state index in [4.69, 9.17) is 0 Å². The van der Waals surface area contributed by atoms with E-state index in [1.54, 1.807) is 0 Å². The summed E-state index contributed by atoms with van der Waals surface area (Å²) in [6.45, 7) is 2.08. The van der Waals surface area contributed by atoms with E-state index in [0.717, 1.165) is 36.9 Å². The summed E-state index contributed by atoms with van der Waals surface area (Å²) in [5.41, 5.74) is 2.38. The Morgan fingerprint density at radius 3 is 2.78 bits per heavy atom. The molecule has 2 heterocycles. The van der Waals surface area contributed by atoms with Crippen LogP contribution in [0.1, 0.15) is 42.7 Å². The van der Waals surface area contributed by atoms with Crippen molar-refractivity contribution in [2.24, 2.45) is 0 Å². The number of rotatable bonds is 2. The highest BCUT2D eigenvalue weighted by atomic mass is 16.3. The molecule has 3 aromatic rings. The largest absolute Gasteiger partial charge is 0.393 e. The van der Waals surface area contributed by atoms with Gasteiger partial charge in [0.1, 0.15) is 0 Å². The highest BCUT2D eigenvalue weighted by Crippen LogP contribution is 2.33. The van der Waals surface area contributed by atoms with Crippen LogP contribution in [-0.4, -0.2) is 26.0 Å². The Kier molecular flexibility index (Phi) is 3.62. The van der Waals surface area contributed by atoms with Gasteiger partial charge in [-0.2, -0.15) is 5.10 Å². The van der Waals surface area contributed by atoms with Crippen molar-refractivity contribution in [2.75, 3.05) is 0 Å². The topological polar surface area (TPSA) is 50.9 Å². The van der Waals surface area contributed by atoms with Gasteiger partial charge in [-0.1, -0.05) is 30.7 Å². The van der Waals surface area contributed by atoms with Gasteiger partial charge in [0.15, 0.2) is 5.82 Å². The molecule has 4 nitrogen and oxygen atoms in total. The van der Waals surface area contributed by atoms with Crippen LogP contribution in [0.4, 0.5) is 0 Å². The van der Waals surface area contributed by atoms with E-state index in [0.29, 0.717) is 5.92 Å². The van der Waals surface area contributed by atoms with Crippen molar-refractivity contribution < 1.29 is 5.11 Å². The first-order chi connectivity index (χ1) is 11.2. The summed E-state index contributed by atoms with van der Waals surface area (Å²) in [6.07, 6.45) is 9.72. The maximum Gasteiger partial charge on any atom is 0.161 e. The van der Waals surface area contributed by atoms with Crippen molar-refractivity contribution in [1.82, 2.24) is 14.8 Å². The third-order valence-electron chi connectivity index (χ3n) is 4.91. The second-order valence-corrected chi connectivity index (χ2v) is 6.55. The van der Waals surface area contributed by atoms with E-state index in [-0.39, 0.29) is 6.10 Å². The number of nitrogens with zero attached hydrogens (tertiary/aromatic N) is 3. The molecule has 1 aromatic carbocycles. The van der Waals surface area contributed by atoms with Crippen molar-refractivity contribution in [1.29, 1.82) is 0 Å². The molecule has 1 N–H and O–H groups in total. The Morgan fingerprint density at radius 1 is 1.13 bits per heavy atom. The standard InChI is InChI=1S/C19H21N3O/c1-13-10-20-19(18-8-3-2-7-17(13)18)22-12-15(11-21-22)14-5-4-6-16(23)9-14/h2-3,7-8,10-12,14,16,23H,4-6,9H2,1H3. The van der Waals surface area contributed by atoms with Crippen molar-refractivity contribution in [3.63, 3.8) is 0 Å². The first-order valence-electron chi connectivity index (χ1n) is 8.30. The molecule has 0 saturated heterocycles. The van der Waals surface area contributed by atoms with Crippen LogP contribution in [-0.2, 0) is 0 Å². The highest BCUT2D eigenvalue weighted by Gasteiger charge is 2.23. The number of benzene rings is 1. The fourth-order valence-electron chi connectivity index (χ4n) is 3.63. The average molecular weight is 307 g/mol. The van der Waals surface area contributed by atoms with Crippen molar-refractivity contribution in [3.05, 3.63) is 54.0 Å². The van der Waals surface area contributed by atoms with Crippen LogP contribution in [0.2, 0.25) is 0 Å². The lowest BCUT2D eigenvalue weighted by molar-refractivity contribution is 0.119. The molecule has 1 fully saturated rings. The number of aryl methyl sites for hydroxylation is 1. The van der Waals surface area contributed by atoms with Gasteiger partial charge in [-0.3, -0.25) is 0 Å². The molecule has 1 aliphatic carbocycles. The van der Waals surface area contributed by atoms with Gasteiger partial charge in [0, 0.05) is 17.8 Å². The summed E-state index contributed by atoms with van der Waals surface area (Å²) in [6, 6.07) is 8.31. The number of aliphatic hydroxyl groups excluding tert-OH is 1. The molecule has 2 aromatic heterocycles. The number of hydrogen-bond acceptors (Lipinski definition) is 3. The quantitative estimate of drug-likeness (QED) is 0.784. The Hall–Kier alpha value is -2.20. The fraction of sp³-hybridized carbons (Fsp3) is 0.368. The van der Waals surface area contributed by atoms with Crippen LogP contribution >= 0.6 is 0 Å². The average Bonchev–Trinajstić information content (AvgIpc) is 3.05. The van der Waals surface area contributed by atoms with Crippen LogP contribution in [0.5, 0.6) is 0 Å². The smallest absolute Gasteiger partial charge is 0.161 e. The maximum absolute atomic E-state index is 9.90. The molecule has 23 heavy (non-hydrogen) atoms. The van der Waals surface area contributed by atoms with Gasteiger partial charge in [0.2, 0.25) is 0 Å². The molecule has 4 rings (SSSR count). The first kappa shape index (κ1) is 14.4. The van der Waals surface area contributed by atoms with Gasteiger partial charge in [-0.05, 0) is 48.6 Å².